The monoisotopic (exact) mass is 395 g/mol. The maximum absolute atomic E-state index is 11.8. The molecule has 0 spiro atoms. The van der Waals surface area contributed by atoms with E-state index in [0.29, 0.717) is 5.92 Å². The smallest absolute Gasteiger partial charge is 0.210 e. The molecule has 1 amide bonds. The average Bonchev–Trinajstić information content (AvgIpc) is 2.76. The van der Waals surface area contributed by atoms with Gasteiger partial charge < -0.3 is 14.4 Å². The van der Waals surface area contributed by atoms with E-state index >= 15 is 0 Å². The van der Waals surface area contributed by atoms with Crippen molar-refractivity contribution in [2.24, 2.45) is 0 Å². The van der Waals surface area contributed by atoms with Gasteiger partial charge in [-0.15, -0.1) is 0 Å². The Morgan fingerprint density at radius 2 is 1.89 bits per heavy atom. The van der Waals surface area contributed by atoms with Gasteiger partial charge in [0.25, 0.3) is 0 Å². The van der Waals surface area contributed by atoms with E-state index in [1.54, 1.807) is 26.0 Å². The Morgan fingerprint density at radius 3 is 2.68 bits per heavy atom. The van der Waals surface area contributed by atoms with Crippen LogP contribution in [0.15, 0.2) is 52.8 Å². The molecule has 2 unspecified atom stereocenters. The highest BCUT2D eigenvalue weighted by Gasteiger charge is 2.29. The fraction of sp³-hybridized carbons (Fsp3) is 0.348. The van der Waals surface area contributed by atoms with Crippen molar-refractivity contribution in [1.82, 2.24) is 4.90 Å². The molecule has 0 fully saturated rings. The molecule has 2 heterocycles. The molecule has 0 aromatic heterocycles. The number of benzene rings is 2. The minimum Gasteiger partial charge on any atom is -0.493 e. The van der Waals surface area contributed by atoms with Crippen LogP contribution in [0, 0.1) is 0 Å². The largest absolute Gasteiger partial charge is 0.493 e. The van der Waals surface area contributed by atoms with Crippen molar-refractivity contribution in [3.05, 3.63) is 64.6 Å². The molecule has 2 aromatic rings. The van der Waals surface area contributed by atoms with Crippen molar-refractivity contribution in [2.45, 2.75) is 36.1 Å². The molecular weight excluding hydrogens is 370 g/mol. The molecule has 0 saturated heterocycles. The molecular formula is C23H25NO3S. The lowest BCUT2D eigenvalue weighted by atomic mass is 9.86. The molecule has 4 nitrogen and oxygen atoms in total. The molecule has 28 heavy (non-hydrogen) atoms. The Labute approximate surface area is 170 Å². The summed E-state index contributed by atoms with van der Waals surface area (Å²) < 4.78 is 11.0. The third-order valence-corrected chi connectivity index (χ3v) is 6.67. The normalized spacial score (nSPS) is 20.3. The first-order chi connectivity index (χ1) is 13.7. The first-order valence-electron chi connectivity index (χ1n) is 9.63. The summed E-state index contributed by atoms with van der Waals surface area (Å²) in [6.07, 6.45) is 6.03. The second-order valence-corrected chi connectivity index (χ2v) is 8.13. The first kappa shape index (κ1) is 18.9. The predicted octanol–water partition coefficient (Wildman–Crippen LogP) is 4.94. The summed E-state index contributed by atoms with van der Waals surface area (Å²) >= 11 is 1.78. The van der Waals surface area contributed by atoms with Gasteiger partial charge in [-0.25, -0.2) is 0 Å². The number of amides is 1. The van der Waals surface area contributed by atoms with Gasteiger partial charge in [0.05, 0.1) is 20.3 Å². The lowest BCUT2D eigenvalue weighted by Gasteiger charge is -2.36. The summed E-state index contributed by atoms with van der Waals surface area (Å²) in [7, 11) is 3.31. The Balaban J connectivity index is 1.61. The number of methoxy groups -OCH3 is 2. The highest BCUT2D eigenvalue weighted by atomic mass is 32.2. The number of carbonyl (C=O) groups is 1. The van der Waals surface area contributed by atoms with Crippen molar-refractivity contribution in [1.29, 1.82) is 0 Å². The predicted molar refractivity (Wildman–Crippen MR) is 112 cm³/mol. The topological polar surface area (TPSA) is 38.8 Å². The third-order valence-electron chi connectivity index (χ3n) is 5.75. The molecule has 2 aliphatic heterocycles. The molecule has 5 heteroatoms. The molecule has 2 aromatic carbocycles. The van der Waals surface area contributed by atoms with Crippen molar-refractivity contribution in [3.63, 3.8) is 0 Å². The van der Waals surface area contributed by atoms with Crippen molar-refractivity contribution < 1.29 is 14.3 Å². The minimum atomic E-state index is 0.0659. The number of rotatable bonds is 6. The van der Waals surface area contributed by atoms with Gasteiger partial charge >= 0.3 is 0 Å². The summed E-state index contributed by atoms with van der Waals surface area (Å²) in [6, 6.07) is 12.8. The van der Waals surface area contributed by atoms with Crippen LogP contribution >= 0.6 is 11.8 Å². The third kappa shape index (κ3) is 3.51. The molecule has 0 bridgehead atoms. The van der Waals surface area contributed by atoms with Crippen molar-refractivity contribution in [3.8, 4) is 11.5 Å². The first-order valence-corrected chi connectivity index (χ1v) is 10.5. The van der Waals surface area contributed by atoms with Crippen LogP contribution in [0.3, 0.4) is 0 Å². The lowest BCUT2D eigenvalue weighted by Crippen LogP contribution is -2.34. The standard InChI is InChI=1S/C23H25NO3S/c1-26-21-13-17-9-11-24(15-25)20(19(17)14-22(21)27-2)8-7-16-10-12-28-23-6-4-3-5-18(16)23/h3-6,10,12-16,20H,7-9,11H2,1-2H3. The number of thioether (sulfide) groups is 1. The number of nitrogens with zero attached hydrogens (tertiary/aromatic N) is 1. The number of hydrogen-bond acceptors (Lipinski definition) is 4. The molecule has 4 rings (SSSR count). The Bertz CT molecular complexity index is 895. The molecule has 0 radical (unpaired) electrons. The molecule has 2 aliphatic rings. The van der Waals surface area contributed by atoms with E-state index in [1.165, 1.54) is 21.6 Å². The van der Waals surface area contributed by atoms with Crippen LogP contribution in [0.1, 0.15) is 41.5 Å². The van der Waals surface area contributed by atoms with E-state index in [1.807, 2.05) is 4.90 Å². The lowest BCUT2D eigenvalue weighted by molar-refractivity contribution is -0.120. The van der Waals surface area contributed by atoms with E-state index in [0.717, 1.165) is 43.7 Å². The second-order valence-electron chi connectivity index (χ2n) is 7.18. The summed E-state index contributed by atoms with van der Waals surface area (Å²) in [5.74, 6) is 1.86. The summed E-state index contributed by atoms with van der Waals surface area (Å²) in [5, 5.41) is 2.19. The van der Waals surface area contributed by atoms with Gasteiger partial charge in [-0.2, -0.15) is 0 Å². The molecule has 0 N–H and O–H groups in total. The maximum atomic E-state index is 11.8. The van der Waals surface area contributed by atoms with Crippen LogP contribution in [0.4, 0.5) is 0 Å². The fourth-order valence-corrected chi connectivity index (χ4v) is 5.22. The van der Waals surface area contributed by atoms with Crippen LogP contribution in [0.5, 0.6) is 11.5 Å². The maximum Gasteiger partial charge on any atom is 0.210 e. The van der Waals surface area contributed by atoms with Gasteiger partial charge in [0, 0.05) is 17.4 Å². The van der Waals surface area contributed by atoms with E-state index in [9.17, 15) is 4.79 Å². The van der Waals surface area contributed by atoms with Gasteiger partial charge in [-0.05, 0) is 59.6 Å². The Kier molecular flexibility index (Phi) is 5.62. The van der Waals surface area contributed by atoms with Crippen LogP contribution < -0.4 is 9.47 Å². The molecule has 0 aliphatic carbocycles. The van der Waals surface area contributed by atoms with Gasteiger partial charge in [0.1, 0.15) is 0 Å². The van der Waals surface area contributed by atoms with E-state index in [2.05, 4.69) is 47.9 Å². The van der Waals surface area contributed by atoms with Crippen LogP contribution in [0.2, 0.25) is 0 Å². The summed E-state index contributed by atoms with van der Waals surface area (Å²) in [6.45, 7) is 0.740. The van der Waals surface area contributed by atoms with Crippen molar-refractivity contribution >= 4 is 18.2 Å². The van der Waals surface area contributed by atoms with E-state index in [-0.39, 0.29) is 6.04 Å². The van der Waals surface area contributed by atoms with E-state index < -0.39 is 0 Å². The van der Waals surface area contributed by atoms with Gasteiger partial charge in [0.15, 0.2) is 11.5 Å². The highest BCUT2D eigenvalue weighted by Crippen LogP contribution is 2.43. The van der Waals surface area contributed by atoms with Gasteiger partial charge in [0.2, 0.25) is 6.41 Å². The average molecular weight is 396 g/mol. The van der Waals surface area contributed by atoms with Crippen molar-refractivity contribution in [2.75, 3.05) is 20.8 Å². The van der Waals surface area contributed by atoms with Gasteiger partial charge in [-0.1, -0.05) is 36.0 Å². The molecule has 146 valence electrons. The molecule has 2 atom stereocenters. The number of hydrogen-bond donors (Lipinski definition) is 0. The number of ether oxygens (including phenoxy) is 2. The minimum absolute atomic E-state index is 0.0659. The zero-order chi connectivity index (χ0) is 19.5. The quantitative estimate of drug-likeness (QED) is 0.649. The summed E-state index contributed by atoms with van der Waals surface area (Å²) in [4.78, 5) is 15.0. The Hall–Kier alpha value is -2.40. The van der Waals surface area contributed by atoms with Gasteiger partial charge in [-0.3, -0.25) is 4.79 Å². The Morgan fingerprint density at radius 1 is 1.11 bits per heavy atom. The zero-order valence-electron chi connectivity index (χ0n) is 16.3. The van der Waals surface area contributed by atoms with Crippen LogP contribution in [-0.2, 0) is 11.2 Å². The molecule has 0 saturated carbocycles. The van der Waals surface area contributed by atoms with Crippen LogP contribution in [0.25, 0.3) is 0 Å². The zero-order valence-corrected chi connectivity index (χ0v) is 17.1. The second kappa shape index (κ2) is 8.31. The number of fused-ring (bicyclic) bond motifs is 2. The highest BCUT2D eigenvalue weighted by molar-refractivity contribution is 8.02. The SMILES string of the molecule is COc1cc2c(cc1OC)C(CCC1C=CSc3ccccc31)N(C=O)CC2. The number of carbonyl (C=O) groups excluding carboxylic acids is 1. The number of allylic oxidation sites excluding steroid dienone is 1. The fourth-order valence-electron chi connectivity index (χ4n) is 4.29. The van der Waals surface area contributed by atoms with E-state index in [4.69, 9.17) is 9.47 Å². The summed E-state index contributed by atoms with van der Waals surface area (Å²) in [5.41, 5.74) is 3.81. The van der Waals surface area contributed by atoms with Crippen LogP contribution in [-0.4, -0.2) is 32.1 Å².